The number of fused-ring (bicyclic) bond motifs is 3. The fourth-order valence-electron chi connectivity index (χ4n) is 6.12. The zero-order chi connectivity index (χ0) is 25.6. The molecule has 194 valence electrons. The number of rotatable bonds is 8. The number of H-pyrrole nitrogens is 1. The van der Waals surface area contributed by atoms with Crippen molar-refractivity contribution >= 4 is 10.9 Å². The standard InChI is InChI=1S/C29H35F4N3/c1-18-11-22-21-7-4-5-8-25(21)34-27(22)28(36(18)17-29(2,3)33)26-23(31)13-19(14-24(26)32)12-20-15-35(16-20)10-6-9-30/h4-5,7-8,13-14,18,20,28,34H,6,9-12,15-17H2,1-3H3/t18-,28?/m1/s1. The molecule has 3 nitrogen and oxygen atoms in total. The summed E-state index contributed by atoms with van der Waals surface area (Å²) in [5.74, 6) is -0.874. The Morgan fingerprint density at radius 2 is 1.78 bits per heavy atom. The van der Waals surface area contributed by atoms with E-state index in [1.807, 2.05) is 36.1 Å². The molecule has 2 aliphatic rings. The van der Waals surface area contributed by atoms with Gasteiger partial charge in [-0.15, -0.1) is 0 Å². The van der Waals surface area contributed by atoms with E-state index >= 15 is 8.78 Å². The van der Waals surface area contributed by atoms with E-state index in [2.05, 4.69) is 9.88 Å². The minimum absolute atomic E-state index is 0.0273. The number of alkyl halides is 2. The van der Waals surface area contributed by atoms with Crippen LogP contribution in [0.25, 0.3) is 10.9 Å². The van der Waals surface area contributed by atoms with Gasteiger partial charge in [0.15, 0.2) is 0 Å². The molecule has 2 aromatic carbocycles. The quantitative estimate of drug-likeness (QED) is 0.363. The largest absolute Gasteiger partial charge is 0.357 e. The normalized spacial score (nSPS) is 21.6. The molecule has 1 N–H and O–H groups in total. The molecular weight excluding hydrogens is 466 g/mol. The highest BCUT2D eigenvalue weighted by molar-refractivity contribution is 5.85. The van der Waals surface area contributed by atoms with Gasteiger partial charge in [-0.3, -0.25) is 9.29 Å². The maximum atomic E-state index is 15.8. The molecule has 36 heavy (non-hydrogen) atoms. The predicted octanol–water partition coefficient (Wildman–Crippen LogP) is 6.36. The second-order valence-corrected chi connectivity index (χ2v) is 11.3. The summed E-state index contributed by atoms with van der Waals surface area (Å²) < 4.78 is 58.8. The summed E-state index contributed by atoms with van der Waals surface area (Å²) in [7, 11) is 0. The summed E-state index contributed by atoms with van der Waals surface area (Å²) in [5.41, 5.74) is 1.78. The average molecular weight is 502 g/mol. The smallest absolute Gasteiger partial charge is 0.131 e. The molecule has 1 saturated heterocycles. The van der Waals surface area contributed by atoms with Crippen molar-refractivity contribution in [1.29, 1.82) is 0 Å². The van der Waals surface area contributed by atoms with Crippen molar-refractivity contribution in [1.82, 2.24) is 14.8 Å². The van der Waals surface area contributed by atoms with Gasteiger partial charge in [0.25, 0.3) is 0 Å². The number of hydrogen-bond acceptors (Lipinski definition) is 2. The first-order valence-corrected chi connectivity index (χ1v) is 12.9. The highest BCUT2D eigenvalue weighted by Crippen LogP contribution is 2.43. The Morgan fingerprint density at radius 3 is 2.44 bits per heavy atom. The van der Waals surface area contributed by atoms with Gasteiger partial charge in [-0.25, -0.2) is 13.2 Å². The van der Waals surface area contributed by atoms with Crippen LogP contribution in [0.5, 0.6) is 0 Å². The van der Waals surface area contributed by atoms with Crippen molar-refractivity contribution < 1.29 is 17.6 Å². The van der Waals surface area contributed by atoms with Crippen LogP contribution in [0.1, 0.15) is 55.6 Å². The van der Waals surface area contributed by atoms with Crippen molar-refractivity contribution in [3.8, 4) is 0 Å². The molecule has 1 unspecified atom stereocenters. The highest BCUT2D eigenvalue weighted by atomic mass is 19.1. The molecule has 5 rings (SSSR count). The second kappa shape index (κ2) is 9.82. The summed E-state index contributed by atoms with van der Waals surface area (Å²) >= 11 is 0. The van der Waals surface area contributed by atoms with Crippen molar-refractivity contribution in [3.05, 3.63) is 70.4 Å². The van der Waals surface area contributed by atoms with Gasteiger partial charge in [0.05, 0.1) is 12.7 Å². The van der Waals surface area contributed by atoms with Gasteiger partial charge < -0.3 is 9.88 Å². The summed E-state index contributed by atoms with van der Waals surface area (Å²) in [5, 5.41) is 1.04. The maximum Gasteiger partial charge on any atom is 0.131 e. The first-order valence-electron chi connectivity index (χ1n) is 12.9. The van der Waals surface area contributed by atoms with E-state index in [-0.39, 0.29) is 24.8 Å². The van der Waals surface area contributed by atoms with Gasteiger partial charge in [-0.2, -0.15) is 0 Å². The molecular formula is C29H35F4N3. The minimum Gasteiger partial charge on any atom is -0.357 e. The van der Waals surface area contributed by atoms with Crippen LogP contribution in [0.4, 0.5) is 17.6 Å². The Kier molecular flexibility index (Phi) is 6.90. The summed E-state index contributed by atoms with van der Waals surface area (Å²) in [6, 6.07) is 9.92. The van der Waals surface area contributed by atoms with Crippen LogP contribution in [0.15, 0.2) is 36.4 Å². The Labute approximate surface area is 210 Å². The van der Waals surface area contributed by atoms with Gasteiger partial charge in [0, 0.05) is 54.4 Å². The van der Waals surface area contributed by atoms with Crippen LogP contribution in [-0.4, -0.2) is 59.3 Å². The third kappa shape index (κ3) is 4.92. The molecule has 7 heteroatoms. The topological polar surface area (TPSA) is 22.3 Å². The first kappa shape index (κ1) is 25.3. The molecule has 0 bridgehead atoms. The van der Waals surface area contributed by atoms with E-state index < -0.39 is 23.3 Å². The number of para-hydroxylation sites is 1. The third-order valence-electron chi connectivity index (χ3n) is 7.65. The molecule has 0 saturated carbocycles. The highest BCUT2D eigenvalue weighted by Gasteiger charge is 2.41. The van der Waals surface area contributed by atoms with Crippen LogP contribution in [0.3, 0.4) is 0 Å². The van der Waals surface area contributed by atoms with E-state index in [1.54, 1.807) is 0 Å². The van der Waals surface area contributed by atoms with E-state index in [0.717, 1.165) is 41.8 Å². The minimum atomic E-state index is -1.53. The maximum absolute atomic E-state index is 15.8. The number of halogens is 4. The molecule has 0 spiro atoms. The van der Waals surface area contributed by atoms with Gasteiger partial charge in [-0.05, 0) is 75.3 Å². The molecule has 1 fully saturated rings. The Bertz CT molecular complexity index is 1200. The number of hydrogen-bond donors (Lipinski definition) is 1. The van der Waals surface area contributed by atoms with E-state index in [9.17, 15) is 8.78 Å². The fourth-order valence-corrected chi connectivity index (χ4v) is 6.12. The van der Waals surface area contributed by atoms with Crippen LogP contribution in [0, 0.1) is 17.6 Å². The lowest BCUT2D eigenvalue weighted by Crippen LogP contribution is -2.48. The zero-order valence-electron chi connectivity index (χ0n) is 21.3. The van der Waals surface area contributed by atoms with Crippen molar-refractivity contribution in [2.75, 3.05) is 32.9 Å². The molecule has 1 aromatic heterocycles. The van der Waals surface area contributed by atoms with E-state index in [1.165, 1.54) is 26.0 Å². The summed E-state index contributed by atoms with van der Waals surface area (Å²) in [6.07, 6.45) is 1.78. The lowest BCUT2D eigenvalue weighted by molar-refractivity contribution is 0.0642. The summed E-state index contributed by atoms with van der Waals surface area (Å²) in [6.45, 7) is 7.11. The zero-order valence-corrected chi connectivity index (χ0v) is 21.3. The molecule has 2 atom stereocenters. The van der Waals surface area contributed by atoms with E-state index in [4.69, 9.17) is 0 Å². The Balaban J connectivity index is 1.50. The van der Waals surface area contributed by atoms with Gasteiger partial charge in [0.1, 0.15) is 17.3 Å². The van der Waals surface area contributed by atoms with E-state index in [0.29, 0.717) is 30.7 Å². The number of nitrogens with one attached hydrogen (secondary N) is 1. The van der Waals surface area contributed by atoms with Crippen LogP contribution in [0.2, 0.25) is 0 Å². The SMILES string of the molecule is C[C@@H]1Cc2c([nH]c3ccccc23)C(c2c(F)cc(CC3CN(CCCF)C3)cc2F)N1CC(C)(C)F. The lowest BCUT2D eigenvalue weighted by atomic mass is 9.86. The van der Waals surface area contributed by atoms with Gasteiger partial charge in [-0.1, -0.05) is 18.2 Å². The molecule has 0 amide bonds. The Hall–Kier alpha value is -2.38. The molecule has 0 aliphatic carbocycles. The fraction of sp³-hybridized carbons (Fsp3) is 0.517. The van der Waals surface area contributed by atoms with Crippen molar-refractivity contribution in [3.63, 3.8) is 0 Å². The van der Waals surface area contributed by atoms with Crippen molar-refractivity contribution in [2.24, 2.45) is 5.92 Å². The third-order valence-corrected chi connectivity index (χ3v) is 7.65. The van der Waals surface area contributed by atoms with Crippen LogP contribution in [-0.2, 0) is 12.8 Å². The molecule has 3 heterocycles. The number of aromatic amines is 1. The second-order valence-electron chi connectivity index (χ2n) is 11.3. The monoisotopic (exact) mass is 501 g/mol. The number of benzene rings is 2. The summed E-state index contributed by atoms with van der Waals surface area (Å²) in [4.78, 5) is 7.48. The van der Waals surface area contributed by atoms with Crippen molar-refractivity contribution in [2.45, 2.75) is 57.8 Å². The molecule has 2 aliphatic heterocycles. The lowest BCUT2D eigenvalue weighted by Gasteiger charge is -2.43. The van der Waals surface area contributed by atoms with Gasteiger partial charge in [0.2, 0.25) is 0 Å². The average Bonchev–Trinajstić information content (AvgIpc) is 3.14. The van der Waals surface area contributed by atoms with Gasteiger partial charge >= 0.3 is 0 Å². The Morgan fingerprint density at radius 1 is 1.08 bits per heavy atom. The molecule has 3 aromatic rings. The predicted molar refractivity (Wildman–Crippen MR) is 136 cm³/mol. The number of likely N-dealkylation sites (tertiary alicyclic amines) is 1. The number of nitrogens with zero attached hydrogens (tertiary/aromatic N) is 2. The first-order chi connectivity index (χ1) is 17.1. The van der Waals surface area contributed by atoms with Crippen LogP contribution < -0.4 is 0 Å². The molecule has 0 radical (unpaired) electrons. The van der Waals surface area contributed by atoms with Crippen LogP contribution >= 0.6 is 0 Å². The number of aromatic nitrogens is 1.